The van der Waals surface area contributed by atoms with E-state index < -0.39 is 61.1 Å². The first-order valence-corrected chi connectivity index (χ1v) is 7.68. The van der Waals surface area contributed by atoms with Gasteiger partial charge in [0.25, 0.3) is 15.6 Å². The average Bonchev–Trinajstić information content (AvgIpc) is 2.52. The van der Waals surface area contributed by atoms with Gasteiger partial charge in [0.05, 0.1) is 5.56 Å². The van der Waals surface area contributed by atoms with Gasteiger partial charge in [-0.2, -0.15) is 35.1 Å². The maximum atomic E-state index is 13.7. The van der Waals surface area contributed by atoms with E-state index in [0.717, 1.165) is 0 Å². The second-order valence-corrected chi connectivity index (χ2v) is 6.58. The zero-order chi connectivity index (χ0) is 22.3. The van der Waals surface area contributed by atoms with Gasteiger partial charge in [0.1, 0.15) is 4.90 Å². The zero-order valence-corrected chi connectivity index (χ0v) is 13.3. The van der Waals surface area contributed by atoms with Crippen LogP contribution < -0.4 is 0 Å². The Kier molecular flexibility index (Phi) is 5.92. The molecule has 0 radical (unpaired) electrons. The fourth-order valence-corrected chi connectivity index (χ4v) is 2.34. The molecule has 0 aromatic heterocycles. The topological polar surface area (TPSA) is 68.3 Å². The summed E-state index contributed by atoms with van der Waals surface area (Å²) in [5, 5.41) is 0. The molecule has 0 aliphatic rings. The van der Waals surface area contributed by atoms with E-state index in [1.165, 1.54) is 0 Å². The van der Waals surface area contributed by atoms with E-state index in [4.69, 9.17) is 0 Å². The molecule has 15 heteroatoms. The summed E-state index contributed by atoms with van der Waals surface area (Å²) in [6.45, 7) is 0. The van der Waals surface area contributed by atoms with E-state index in [1.54, 1.807) is 0 Å². The molecule has 0 unspecified atom stereocenters. The van der Waals surface area contributed by atoms with Crippen molar-refractivity contribution in [3.8, 4) is 11.8 Å². The molecule has 0 N–H and O–H groups in total. The Bertz CT molecular complexity index is 993. The van der Waals surface area contributed by atoms with E-state index in [-0.39, 0.29) is 18.1 Å². The third kappa shape index (κ3) is 4.43. The first kappa shape index (κ1) is 23.4. The van der Waals surface area contributed by atoms with Crippen LogP contribution in [0.15, 0.2) is 17.0 Å². The molecule has 0 aliphatic heterocycles. The molecule has 1 rings (SSSR count). The van der Waals surface area contributed by atoms with Gasteiger partial charge >= 0.3 is 17.6 Å². The number of carbonyl (C=O) groups is 2. The number of alkyl halides is 8. The molecule has 0 saturated heterocycles. The molecule has 4 nitrogen and oxygen atoms in total. The highest BCUT2D eigenvalue weighted by Crippen LogP contribution is 2.34. The number of carbonyl (C=O) groups excluding carboxylic acids is 2. The molecule has 1 aromatic carbocycles. The van der Waals surface area contributed by atoms with E-state index in [1.807, 2.05) is 0 Å². The number of ketones is 2. The second kappa shape index (κ2) is 7.08. The molecule has 28 heavy (non-hydrogen) atoms. The van der Waals surface area contributed by atoms with Crippen molar-refractivity contribution in [1.29, 1.82) is 0 Å². The third-order valence-corrected chi connectivity index (χ3v) is 4.28. The summed E-state index contributed by atoms with van der Waals surface area (Å²) in [4.78, 5) is 20.1. The first-order chi connectivity index (χ1) is 12.3. The minimum Gasteiger partial charge on any atom is -0.287 e. The maximum Gasteiger partial charge on any atom is 0.502 e. The Morgan fingerprint density at radius 1 is 0.857 bits per heavy atom. The standard InChI is InChI=1S/C13H2F10O4S/c14-8-5(1-2-6(9(8)15)28(26,27)13(21,22)23)10(25)12(19,20)7(24)3-4-11(16,17)18/h1-2H. The number of sulfone groups is 1. The van der Waals surface area contributed by atoms with Gasteiger partial charge in [-0.3, -0.25) is 9.59 Å². The normalized spacial score (nSPS) is 12.9. The minimum absolute atomic E-state index is 0.102. The van der Waals surface area contributed by atoms with Gasteiger partial charge in [-0.1, -0.05) is 0 Å². The Balaban J connectivity index is 3.47. The van der Waals surface area contributed by atoms with Gasteiger partial charge in [0.15, 0.2) is 11.6 Å². The lowest BCUT2D eigenvalue weighted by molar-refractivity contribution is -0.131. The Hall–Kier alpha value is -2.63. The van der Waals surface area contributed by atoms with Gasteiger partial charge in [0, 0.05) is 5.92 Å². The van der Waals surface area contributed by atoms with Crippen LogP contribution in [0.2, 0.25) is 0 Å². The van der Waals surface area contributed by atoms with Crippen molar-refractivity contribution in [3.05, 3.63) is 29.3 Å². The van der Waals surface area contributed by atoms with E-state index in [9.17, 15) is 61.9 Å². The lowest BCUT2D eigenvalue weighted by Gasteiger charge is -2.14. The molecule has 0 amide bonds. The first-order valence-electron chi connectivity index (χ1n) is 6.20. The van der Waals surface area contributed by atoms with Gasteiger partial charge in [-0.05, 0) is 18.1 Å². The summed E-state index contributed by atoms with van der Waals surface area (Å²) in [6, 6.07) is -0.686. The van der Waals surface area contributed by atoms with Crippen LogP contribution in [0.5, 0.6) is 0 Å². The lowest BCUT2D eigenvalue weighted by Crippen LogP contribution is -2.38. The Morgan fingerprint density at radius 2 is 1.36 bits per heavy atom. The number of rotatable bonds is 4. The van der Waals surface area contributed by atoms with Crippen molar-refractivity contribution in [2.24, 2.45) is 0 Å². The molecular weight excluding hydrogens is 442 g/mol. The van der Waals surface area contributed by atoms with Crippen LogP contribution in [-0.4, -0.2) is 37.6 Å². The molecule has 154 valence electrons. The van der Waals surface area contributed by atoms with Gasteiger partial charge in [-0.25, -0.2) is 17.2 Å². The fraction of sp³-hybridized carbons (Fsp3) is 0.231. The zero-order valence-electron chi connectivity index (χ0n) is 12.5. The summed E-state index contributed by atoms with van der Waals surface area (Å²) in [5.41, 5.74) is -8.20. The predicted octanol–water partition coefficient (Wildman–Crippen LogP) is 3.21. The van der Waals surface area contributed by atoms with Gasteiger partial charge in [-0.15, -0.1) is 0 Å². The highest BCUT2D eigenvalue weighted by Gasteiger charge is 2.51. The quantitative estimate of drug-likeness (QED) is 0.235. The number of Topliss-reactive ketones (excluding diaryl/α,β-unsaturated/α-hetero) is 2. The molecule has 0 atom stereocenters. The number of hydrogen-bond donors (Lipinski definition) is 0. The van der Waals surface area contributed by atoms with E-state index in [0.29, 0.717) is 5.92 Å². The predicted molar refractivity (Wildman–Crippen MR) is 67.7 cm³/mol. The average molecular weight is 444 g/mol. The largest absolute Gasteiger partial charge is 0.502 e. The summed E-state index contributed by atoms with van der Waals surface area (Å²) >= 11 is 0. The molecule has 0 bridgehead atoms. The van der Waals surface area contributed by atoms with Gasteiger partial charge < -0.3 is 0 Å². The molecule has 0 saturated carbocycles. The van der Waals surface area contributed by atoms with Crippen molar-refractivity contribution in [1.82, 2.24) is 0 Å². The summed E-state index contributed by atoms with van der Waals surface area (Å²) in [5.74, 6) is -16.6. The molecule has 0 aliphatic carbocycles. The van der Waals surface area contributed by atoms with Crippen LogP contribution in [0.1, 0.15) is 10.4 Å². The Morgan fingerprint density at radius 3 is 1.79 bits per heavy atom. The van der Waals surface area contributed by atoms with Crippen molar-refractivity contribution >= 4 is 21.4 Å². The van der Waals surface area contributed by atoms with E-state index in [2.05, 4.69) is 0 Å². The monoisotopic (exact) mass is 444 g/mol. The summed E-state index contributed by atoms with van der Waals surface area (Å²) in [7, 11) is -6.48. The number of benzene rings is 1. The van der Waals surface area contributed by atoms with Crippen LogP contribution in [0.25, 0.3) is 0 Å². The maximum absolute atomic E-state index is 13.7. The fourth-order valence-electron chi connectivity index (χ4n) is 1.52. The number of hydrogen-bond acceptors (Lipinski definition) is 4. The van der Waals surface area contributed by atoms with E-state index >= 15 is 0 Å². The van der Waals surface area contributed by atoms with Crippen LogP contribution in [0, 0.1) is 23.5 Å². The van der Waals surface area contributed by atoms with Crippen molar-refractivity contribution < 1.29 is 61.9 Å². The SMILES string of the molecule is O=C(C#CC(F)(F)F)C(F)(F)C(=O)c1ccc(S(=O)(=O)C(F)(F)F)c(F)c1F. The lowest BCUT2D eigenvalue weighted by atomic mass is 10.0. The second-order valence-electron chi connectivity index (χ2n) is 4.67. The van der Waals surface area contributed by atoms with Crippen LogP contribution in [-0.2, 0) is 14.6 Å². The molecule has 1 aromatic rings. The summed E-state index contributed by atoms with van der Waals surface area (Å²) < 4.78 is 149. The van der Waals surface area contributed by atoms with Crippen molar-refractivity contribution in [3.63, 3.8) is 0 Å². The number of halogens is 10. The minimum atomic E-state index is -6.48. The Labute approximate surface area is 148 Å². The smallest absolute Gasteiger partial charge is 0.287 e. The van der Waals surface area contributed by atoms with Crippen LogP contribution in [0.3, 0.4) is 0 Å². The molecule has 0 heterocycles. The summed E-state index contributed by atoms with van der Waals surface area (Å²) in [6.07, 6.45) is -5.42. The van der Waals surface area contributed by atoms with Gasteiger partial charge in [0.2, 0.25) is 5.78 Å². The van der Waals surface area contributed by atoms with Crippen molar-refractivity contribution in [2.45, 2.75) is 22.5 Å². The third-order valence-electron chi connectivity index (χ3n) is 2.77. The molecular formula is C13H2F10O4S. The highest BCUT2D eigenvalue weighted by molar-refractivity contribution is 7.92. The molecule has 0 spiro atoms. The van der Waals surface area contributed by atoms with Crippen LogP contribution in [0.4, 0.5) is 43.9 Å². The molecule has 0 fully saturated rings. The highest BCUT2D eigenvalue weighted by atomic mass is 32.2. The van der Waals surface area contributed by atoms with Crippen LogP contribution >= 0.6 is 0 Å². The van der Waals surface area contributed by atoms with Crippen molar-refractivity contribution in [2.75, 3.05) is 0 Å².